The van der Waals surface area contributed by atoms with E-state index in [2.05, 4.69) is 34.6 Å². The molecule has 0 spiro atoms. The van der Waals surface area contributed by atoms with Crippen LogP contribution in [0.5, 0.6) is 5.75 Å². The number of methoxy groups -OCH3 is 1. The molecule has 5 atom stereocenters. The molecule has 39 heavy (non-hydrogen) atoms. The van der Waals surface area contributed by atoms with Crippen LogP contribution >= 0.6 is 0 Å². The highest BCUT2D eigenvalue weighted by molar-refractivity contribution is 5.58. The van der Waals surface area contributed by atoms with Crippen LogP contribution in [0.2, 0.25) is 0 Å². The third-order valence-electron chi connectivity index (χ3n) is 7.93. The van der Waals surface area contributed by atoms with Gasteiger partial charge in [-0.25, -0.2) is 4.79 Å². The lowest BCUT2D eigenvalue weighted by atomic mass is 9.77. The number of anilines is 1. The molecule has 1 saturated heterocycles. The van der Waals surface area contributed by atoms with Crippen molar-refractivity contribution >= 4 is 5.82 Å². The number of nitrogens with zero attached hydrogens (tertiary/aromatic N) is 2. The Bertz CT molecular complexity index is 1400. The maximum absolute atomic E-state index is 13.4. The summed E-state index contributed by atoms with van der Waals surface area (Å²) in [4.78, 5) is 17.9. The number of aliphatic hydroxyl groups excluding tert-OH is 1. The zero-order valence-electron chi connectivity index (χ0n) is 22.7. The van der Waals surface area contributed by atoms with Crippen LogP contribution in [0.3, 0.4) is 0 Å². The van der Waals surface area contributed by atoms with Gasteiger partial charge in [-0.3, -0.25) is 4.57 Å². The Morgan fingerprint density at radius 1 is 0.897 bits per heavy atom. The van der Waals surface area contributed by atoms with Crippen molar-refractivity contribution < 1.29 is 14.6 Å². The van der Waals surface area contributed by atoms with Crippen molar-refractivity contribution in [1.82, 2.24) is 9.55 Å². The van der Waals surface area contributed by atoms with Crippen molar-refractivity contribution in [3.8, 4) is 5.75 Å². The highest BCUT2D eigenvalue weighted by Gasteiger charge is 2.43. The van der Waals surface area contributed by atoms with Gasteiger partial charge in [-0.2, -0.15) is 4.98 Å². The summed E-state index contributed by atoms with van der Waals surface area (Å²) in [7, 11) is 1.65. The number of rotatable bonds is 8. The minimum atomic E-state index is -0.844. The summed E-state index contributed by atoms with van der Waals surface area (Å²) in [6.45, 7) is 5.80. The predicted octanol–water partition coefficient (Wildman–Crippen LogP) is 5.21. The van der Waals surface area contributed by atoms with Crippen molar-refractivity contribution in [3.05, 3.63) is 124 Å². The Morgan fingerprint density at radius 2 is 1.46 bits per heavy atom. The van der Waals surface area contributed by atoms with Crippen LogP contribution in [0.1, 0.15) is 43.7 Å². The van der Waals surface area contributed by atoms with Gasteiger partial charge in [-0.15, -0.1) is 0 Å². The maximum atomic E-state index is 13.4. The summed E-state index contributed by atoms with van der Waals surface area (Å²) >= 11 is 0. The van der Waals surface area contributed by atoms with Gasteiger partial charge in [-0.1, -0.05) is 86.6 Å². The summed E-state index contributed by atoms with van der Waals surface area (Å²) in [6.07, 6.45) is 0.265. The van der Waals surface area contributed by atoms with E-state index in [1.54, 1.807) is 20.2 Å². The van der Waals surface area contributed by atoms with Crippen LogP contribution in [-0.4, -0.2) is 34.0 Å². The molecule has 5 rings (SSSR count). The van der Waals surface area contributed by atoms with Crippen LogP contribution < -0.4 is 15.7 Å². The van der Waals surface area contributed by atoms with E-state index in [0.717, 1.165) is 22.4 Å². The highest BCUT2D eigenvalue weighted by atomic mass is 16.5. The van der Waals surface area contributed by atoms with E-state index in [0.29, 0.717) is 5.82 Å². The molecule has 2 heterocycles. The molecule has 7 heteroatoms. The Kier molecular flexibility index (Phi) is 7.55. The molecule has 0 radical (unpaired) electrons. The Labute approximate surface area is 229 Å². The number of aromatic nitrogens is 2. The van der Waals surface area contributed by atoms with Gasteiger partial charge in [0.15, 0.2) is 0 Å². The normalized spacial score (nSPS) is 21.9. The molecule has 0 aliphatic carbocycles. The minimum Gasteiger partial charge on any atom is -0.497 e. The largest absolute Gasteiger partial charge is 0.497 e. The molecule has 0 saturated carbocycles. The molecular weight excluding hydrogens is 490 g/mol. The molecule has 0 amide bonds. The van der Waals surface area contributed by atoms with Crippen LogP contribution in [0.4, 0.5) is 5.82 Å². The lowest BCUT2D eigenvalue weighted by molar-refractivity contribution is -0.0661. The lowest BCUT2D eigenvalue weighted by Crippen LogP contribution is -2.39. The Morgan fingerprint density at radius 3 is 1.95 bits per heavy atom. The average Bonchev–Trinajstić information content (AvgIpc) is 3.26. The summed E-state index contributed by atoms with van der Waals surface area (Å²) < 4.78 is 13.1. The first-order valence-electron chi connectivity index (χ1n) is 13.3. The van der Waals surface area contributed by atoms with Crippen molar-refractivity contribution in [2.45, 2.75) is 44.7 Å². The zero-order chi connectivity index (χ0) is 27.6. The molecule has 1 fully saturated rings. The quantitative estimate of drug-likeness (QED) is 0.307. The third-order valence-corrected chi connectivity index (χ3v) is 7.93. The van der Waals surface area contributed by atoms with Crippen LogP contribution in [-0.2, 0) is 10.3 Å². The number of nitrogens with one attached hydrogen (secondary N) is 1. The smallest absolute Gasteiger partial charge is 0.351 e. The first-order valence-corrected chi connectivity index (χ1v) is 13.3. The van der Waals surface area contributed by atoms with Crippen LogP contribution in [0.25, 0.3) is 0 Å². The summed E-state index contributed by atoms with van der Waals surface area (Å²) in [6, 6.07) is 30.0. The SMILES string of the molecule is COc1ccc(C(Nc2ccn([C@@H]3O[C@H](C(C)O)[C@@H](C)[C@@H]3C)c(=O)n2)(c2ccccc2)c2ccccc2)cc1. The van der Waals surface area contributed by atoms with Gasteiger partial charge in [0.1, 0.15) is 23.3 Å². The summed E-state index contributed by atoms with van der Waals surface area (Å²) in [5, 5.41) is 13.8. The summed E-state index contributed by atoms with van der Waals surface area (Å²) in [5.41, 5.74) is 1.69. The zero-order valence-corrected chi connectivity index (χ0v) is 22.7. The predicted molar refractivity (Wildman–Crippen MR) is 152 cm³/mol. The highest BCUT2D eigenvalue weighted by Crippen LogP contribution is 2.41. The van der Waals surface area contributed by atoms with Gasteiger partial charge in [0, 0.05) is 12.1 Å². The number of ether oxygens (including phenoxy) is 2. The third kappa shape index (κ3) is 4.95. The van der Waals surface area contributed by atoms with Gasteiger partial charge in [-0.05, 0) is 47.7 Å². The molecule has 1 aliphatic rings. The van der Waals surface area contributed by atoms with E-state index in [-0.39, 0.29) is 17.9 Å². The first kappa shape index (κ1) is 26.7. The molecule has 7 nitrogen and oxygen atoms in total. The van der Waals surface area contributed by atoms with E-state index in [1.165, 1.54) is 4.57 Å². The molecule has 1 unspecified atom stereocenters. The van der Waals surface area contributed by atoms with Crippen LogP contribution in [0.15, 0.2) is 102 Å². The molecule has 4 aromatic rings. The molecule has 0 bridgehead atoms. The van der Waals surface area contributed by atoms with E-state index in [4.69, 9.17) is 9.47 Å². The molecule has 3 aromatic carbocycles. The second kappa shape index (κ2) is 11.0. The van der Waals surface area contributed by atoms with Crippen molar-refractivity contribution in [1.29, 1.82) is 0 Å². The van der Waals surface area contributed by atoms with Gasteiger partial charge < -0.3 is 19.9 Å². The van der Waals surface area contributed by atoms with E-state index >= 15 is 0 Å². The monoisotopic (exact) mass is 525 g/mol. The fraction of sp³-hybridized carbons (Fsp3) is 0.312. The second-order valence-corrected chi connectivity index (χ2v) is 10.3. The minimum absolute atomic E-state index is 0.0370. The van der Waals surface area contributed by atoms with E-state index in [9.17, 15) is 9.90 Å². The number of aliphatic hydroxyl groups is 1. The summed E-state index contributed by atoms with van der Waals surface area (Å²) in [5.74, 6) is 1.32. The van der Waals surface area contributed by atoms with Crippen molar-refractivity contribution in [2.24, 2.45) is 11.8 Å². The van der Waals surface area contributed by atoms with Crippen molar-refractivity contribution in [2.75, 3.05) is 12.4 Å². The molecule has 1 aliphatic heterocycles. The fourth-order valence-electron chi connectivity index (χ4n) is 5.64. The number of benzene rings is 3. The first-order chi connectivity index (χ1) is 18.8. The van der Waals surface area contributed by atoms with Gasteiger partial charge in [0.25, 0.3) is 0 Å². The second-order valence-electron chi connectivity index (χ2n) is 10.3. The number of hydrogen-bond acceptors (Lipinski definition) is 6. The van der Waals surface area contributed by atoms with Gasteiger partial charge >= 0.3 is 5.69 Å². The maximum Gasteiger partial charge on any atom is 0.351 e. The van der Waals surface area contributed by atoms with Crippen LogP contribution in [0, 0.1) is 11.8 Å². The standard InChI is InChI=1S/C32H35N3O4/c1-21-22(2)30(39-29(21)23(3)36)35-20-19-28(33-31(35)37)34-32(24-11-7-5-8-12-24,25-13-9-6-10-14-25)26-15-17-27(38-4)18-16-26/h5-23,29-30,36H,1-4H3,(H,33,34,37)/t21-,22-,23?,29-,30+/m0/s1. The topological polar surface area (TPSA) is 85.6 Å². The van der Waals surface area contributed by atoms with Gasteiger partial charge in [0.05, 0.1) is 19.3 Å². The van der Waals surface area contributed by atoms with Crippen molar-refractivity contribution in [3.63, 3.8) is 0 Å². The van der Waals surface area contributed by atoms with Gasteiger partial charge in [0.2, 0.25) is 0 Å². The average molecular weight is 526 g/mol. The number of hydrogen-bond donors (Lipinski definition) is 2. The van der Waals surface area contributed by atoms with E-state index in [1.807, 2.05) is 80.6 Å². The molecule has 1 aromatic heterocycles. The molecular formula is C32H35N3O4. The molecule has 2 N–H and O–H groups in total. The Balaban J connectivity index is 1.61. The molecule has 202 valence electrons. The lowest BCUT2D eigenvalue weighted by Gasteiger charge is -2.37. The Hall–Kier alpha value is -3.94. The fourth-order valence-corrected chi connectivity index (χ4v) is 5.64. The van der Waals surface area contributed by atoms with E-state index < -0.39 is 23.6 Å².